The van der Waals surface area contributed by atoms with Gasteiger partial charge in [-0.2, -0.15) is 0 Å². The fourth-order valence-electron chi connectivity index (χ4n) is 4.02. The van der Waals surface area contributed by atoms with Crippen LogP contribution in [0.1, 0.15) is 31.7 Å². The molecule has 0 spiro atoms. The molecule has 7 heteroatoms. The number of nitrogens with zero attached hydrogens (tertiary/aromatic N) is 2. The maximum Gasteiger partial charge on any atom is 0.161 e. The molecule has 0 unspecified atom stereocenters. The fraction of sp³-hybridized carbons (Fsp3) is 0.538. The monoisotopic (exact) mass is 494 g/mol. The summed E-state index contributed by atoms with van der Waals surface area (Å²) in [6.45, 7) is 8.57. The fourth-order valence-corrected chi connectivity index (χ4v) is 4.53. The number of methoxy groups -OCH3 is 1. The van der Waals surface area contributed by atoms with Crippen molar-refractivity contribution in [2.24, 2.45) is 5.92 Å². The second-order valence-corrected chi connectivity index (χ2v) is 9.66. The van der Waals surface area contributed by atoms with Crippen LogP contribution in [0.3, 0.4) is 0 Å². The Kier molecular flexibility index (Phi) is 10.4. The molecular weight excluding hydrogens is 459 g/mol. The highest BCUT2D eigenvalue weighted by molar-refractivity contribution is 6.37. The van der Waals surface area contributed by atoms with Crippen LogP contribution in [-0.4, -0.2) is 63.4 Å². The average Bonchev–Trinajstić information content (AvgIpc) is 2.80. The normalized spacial score (nSPS) is 15.1. The van der Waals surface area contributed by atoms with Crippen molar-refractivity contribution in [1.82, 2.24) is 9.80 Å². The zero-order valence-corrected chi connectivity index (χ0v) is 21.5. The van der Waals surface area contributed by atoms with Gasteiger partial charge in [0.25, 0.3) is 0 Å². The van der Waals surface area contributed by atoms with Gasteiger partial charge in [0.1, 0.15) is 6.61 Å². The number of rotatable bonds is 12. The van der Waals surface area contributed by atoms with Crippen molar-refractivity contribution in [1.29, 1.82) is 0 Å². The van der Waals surface area contributed by atoms with Gasteiger partial charge in [0, 0.05) is 19.6 Å². The molecule has 33 heavy (non-hydrogen) atoms. The molecule has 2 aromatic carbocycles. The van der Waals surface area contributed by atoms with Crippen LogP contribution in [0.25, 0.3) is 0 Å². The topological polar surface area (TPSA) is 34.2 Å². The Labute approximate surface area is 208 Å². The van der Waals surface area contributed by atoms with Gasteiger partial charge in [-0.1, -0.05) is 42.3 Å². The first-order chi connectivity index (χ1) is 16.0. The molecule has 2 aromatic rings. The Bertz CT molecular complexity index is 852. The van der Waals surface area contributed by atoms with Crippen LogP contribution in [0.2, 0.25) is 10.0 Å². The summed E-state index contributed by atoms with van der Waals surface area (Å²) in [6.07, 6.45) is 3.43. The van der Waals surface area contributed by atoms with Crippen molar-refractivity contribution in [2.45, 2.75) is 32.7 Å². The third-order valence-corrected chi connectivity index (χ3v) is 6.67. The van der Waals surface area contributed by atoms with Crippen molar-refractivity contribution in [2.75, 3.05) is 53.6 Å². The van der Waals surface area contributed by atoms with Crippen LogP contribution in [-0.2, 0) is 6.54 Å². The molecular formula is C26H36Cl2N2O3. The number of likely N-dealkylation sites (tertiary alicyclic amines) is 1. The number of hydrogen-bond donors (Lipinski definition) is 0. The molecule has 1 aliphatic heterocycles. The van der Waals surface area contributed by atoms with Gasteiger partial charge >= 0.3 is 0 Å². The number of hydrogen-bond acceptors (Lipinski definition) is 5. The van der Waals surface area contributed by atoms with Crippen molar-refractivity contribution in [3.05, 3.63) is 52.0 Å². The Morgan fingerprint density at radius 2 is 1.73 bits per heavy atom. The van der Waals surface area contributed by atoms with Crippen molar-refractivity contribution >= 4 is 23.2 Å². The minimum Gasteiger partial charge on any atom is -0.493 e. The lowest BCUT2D eigenvalue weighted by Gasteiger charge is -2.30. The van der Waals surface area contributed by atoms with Gasteiger partial charge in [-0.3, -0.25) is 4.90 Å². The molecule has 0 radical (unpaired) electrons. The molecule has 1 saturated heterocycles. The van der Waals surface area contributed by atoms with Gasteiger partial charge in [0.2, 0.25) is 0 Å². The highest BCUT2D eigenvalue weighted by atomic mass is 35.5. The van der Waals surface area contributed by atoms with E-state index in [1.807, 2.05) is 12.1 Å². The summed E-state index contributed by atoms with van der Waals surface area (Å²) in [5.41, 5.74) is 1.18. The molecule has 1 aliphatic rings. The number of benzene rings is 2. The summed E-state index contributed by atoms with van der Waals surface area (Å²) in [7, 11) is 3.79. The molecule has 0 amide bonds. The maximum absolute atomic E-state index is 6.15. The zero-order chi connectivity index (χ0) is 23.6. The van der Waals surface area contributed by atoms with E-state index in [1.165, 1.54) is 31.5 Å². The van der Waals surface area contributed by atoms with Crippen LogP contribution in [0.4, 0.5) is 0 Å². The minimum atomic E-state index is 0.538. The van der Waals surface area contributed by atoms with E-state index in [4.69, 9.17) is 37.4 Å². The van der Waals surface area contributed by atoms with Crippen molar-refractivity contribution < 1.29 is 14.2 Å². The molecule has 0 atom stereocenters. The van der Waals surface area contributed by atoms with Gasteiger partial charge in [0.05, 0.1) is 23.8 Å². The van der Waals surface area contributed by atoms with E-state index in [9.17, 15) is 0 Å². The molecule has 1 heterocycles. The van der Waals surface area contributed by atoms with Gasteiger partial charge in [-0.05, 0) is 75.1 Å². The van der Waals surface area contributed by atoms with E-state index in [0.29, 0.717) is 29.0 Å². The number of para-hydroxylation sites is 1. The van der Waals surface area contributed by atoms with E-state index in [1.54, 1.807) is 19.2 Å². The summed E-state index contributed by atoms with van der Waals surface area (Å²) in [4.78, 5) is 4.74. The van der Waals surface area contributed by atoms with Crippen LogP contribution in [0.5, 0.6) is 17.2 Å². The molecule has 5 nitrogen and oxygen atoms in total. The second kappa shape index (κ2) is 13.3. The number of halogens is 2. The first-order valence-corrected chi connectivity index (χ1v) is 12.5. The average molecular weight is 495 g/mol. The van der Waals surface area contributed by atoms with E-state index < -0.39 is 0 Å². The smallest absolute Gasteiger partial charge is 0.161 e. The first-order valence-electron chi connectivity index (χ1n) is 11.7. The third kappa shape index (κ3) is 8.25. The van der Waals surface area contributed by atoms with Gasteiger partial charge < -0.3 is 19.1 Å². The highest BCUT2D eigenvalue weighted by Crippen LogP contribution is 2.32. The van der Waals surface area contributed by atoms with E-state index in [0.717, 1.165) is 43.5 Å². The number of piperidine rings is 1. The molecule has 0 bridgehead atoms. The molecule has 0 aromatic heterocycles. The predicted octanol–water partition coefficient (Wildman–Crippen LogP) is 6.01. The van der Waals surface area contributed by atoms with Crippen LogP contribution < -0.4 is 14.2 Å². The summed E-state index contributed by atoms with van der Waals surface area (Å²) >= 11 is 12.3. The Hall–Kier alpha value is -1.66. The Morgan fingerprint density at radius 3 is 2.42 bits per heavy atom. The lowest BCUT2D eigenvalue weighted by molar-refractivity contribution is 0.158. The van der Waals surface area contributed by atoms with Crippen LogP contribution in [0.15, 0.2) is 36.4 Å². The summed E-state index contributed by atoms with van der Waals surface area (Å²) in [5.74, 6) is 2.99. The summed E-state index contributed by atoms with van der Waals surface area (Å²) in [5, 5.41) is 1.08. The lowest BCUT2D eigenvalue weighted by Crippen LogP contribution is -2.35. The Balaban J connectivity index is 1.41. The Morgan fingerprint density at radius 1 is 1.00 bits per heavy atom. The van der Waals surface area contributed by atoms with E-state index >= 15 is 0 Å². The van der Waals surface area contributed by atoms with Crippen molar-refractivity contribution in [3.8, 4) is 17.2 Å². The molecule has 3 rings (SSSR count). The van der Waals surface area contributed by atoms with E-state index in [-0.39, 0.29) is 0 Å². The second-order valence-electron chi connectivity index (χ2n) is 8.85. The molecule has 182 valence electrons. The SMILES string of the molecule is COc1cc(CN(C)CCCOc2c(Cl)cccc2Cl)ccc1OCCN1CCC(C)CC1. The predicted molar refractivity (Wildman–Crippen MR) is 136 cm³/mol. The lowest BCUT2D eigenvalue weighted by atomic mass is 9.99. The molecule has 0 saturated carbocycles. The summed E-state index contributed by atoms with van der Waals surface area (Å²) in [6, 6.07) is 11.6. The van der Waals surface area contributed by atoms with E-state index in [2.05, 4.69) is 35.9 Å². The quantitative estimate of drug-likeness (QED) is 0.337. The largest absolute Gasteiger partial charge is 0.493 e. The standard InChI is InChI=1S/C26H36Cl2N2O3/c1-20-10-13-30(14-11-20)15-17-32-24-9-8-21(18-25(24)31-3)19-29(2)12-5-16-33-26-22(27)6-4-7-23(26)28/h4,6-9,18,20H,5,10-17,19H2,1-3H3. The number of ether oxygens (including phenoxy) is 3. The summed E-state index contributed by atoms with van der Waals surface area (Å²) < 4.78 is 17.4. The van der Waals surface area contributed by atoms with Crippen molar-refractivity contribution in [3.63, 3.8) is 0 Å². The third-order valence-electron chi connectivity index (χ3n) is 6.07. The van der Waals surface area contributed by atoms with Gasteiger partial charge in [-0.25, -0.2) is 0 Å². The minimum absolute atomic E-state index is 0.538. The molecule has 0 aliphatic carbocycles. The first kappa shape index (κ1) is 26.0. The van der Waals surface area contributed by atoms with Gasteiger partial charge in [0.15, 0.2) is 17.2 Å². The molecule has 1 fully saturated rings. The highest BCUT2D eigenvalue weighted by Gasteiger charge is 2.16. The maximum atomic E-state index is 6.15. The van der Waals surface area contributed by atoms with Crippen LogP contribution >= 0.6 is 23.2 Å². The van der Waals surface area contributed by atoms with Crippen LogP contribution in [0, 0.1) is 5.92 Å². The van der Waals surface area contributed by atoms with Gasteiger partial charge in [-0.15, -0.1) is 0 Å². The molecule has 0 N–H and O–H groups in total. The zero-order valence-electron chi connectivity index (χ0n) is 20.0.